The lowest BCUT2D eigenvalue weighted by Gasteiger charge is -2.19. The summed E-state index contributed by atoms with van der Waals surface area (Å²) in [6.07, 6.45) is 2.16. The van der Waals surface area contributed by atoms with E-state index in [2.05, 4.69) is 10.3 Å². The Morgan fingerprint density at radius 3 is 2.64 bits per heavy atom. The Bertz CT molecular complexity index is 496. The number of rotatable bonds is 7. The number of pyridine rings is 1. The molecule has 0 fully saturated rings. The molecule has 1 N–H and O–H groups in total. The van der Waals surface area contributed by atoms with Gasteiger partial charge in [-0.3, -0.25) is 10.1 Å². The zero-order chi connectivity index (χ0) is 16.6. The van der Waals surface area contributed by atoms with E-state index >= 15 is 0 Å². The summed E-state index contributed by atoms with van der Waals surface area (Å²) in [4.78, 5) is 25.2. The normalized spacial score (nSPS) is 10.9. The summed E-state index contributed by atoms with van der Waals surface area (Å²) < 4.78 is 10.4. The van der Waals surface area contributed by atoms with Crippen molar-refractivity contribution in [2.24, 2.45) is 0 Å². The topological polar surface area (TPSA) is 104 Å². The summed E-state index contributed by atoms with van der Waals surface area (Å²) in [6.45, 7) is 6.32. The van der Waals surface area contributed by atoms with E-state index in [0.717, 1.165) is 12.6 Å². The molecular weight excluding hydrogens is 290 g/mol. The van der Waals surface area contributed by atoms with E-state index in [0.29, 0.717) is 25.5 Å². The molecule has 0 aromatic carbocycles. The van der Waals surface area contributed by atoms with Gasteiger partial charge in [0.15, 0.2) is 0 Å². The number of amides is 1. The van der Waals surface area contributed by atoms with Crippen molar-refractivity contribution in [2.75, 3.05) is 13.2 Å². The summed E-state index contributed by atoms with van der Waals surface area (Å²) in [5.41, 5.74) is -0.580. The maximum absolute atomic E-state index is 11.4. The molecule has 0 aliphatic rings. The number of nitro groups is 1. The van der Waals surface area contributed by atoms with Crippen molar-refractivity contribution in [1.82, 2.24) is 10.3 Å². The fourth-order valence-electron chi connectivity index (χ4n) is 1.47. The van der Waals surface area contributed by atoms with E-state index in [1.165, 1.54) is 12.1 Å². The van der Waals surface area contributed by atoms with Crippen molar-refractivity contribution in [3.8, 4) is 5.88 Å². The summed E-state index contributed by atoms with van der Waals surface area (Å²) in [6, 6.07) is 2.80. The van der Waals surface area contributed by atoms with Crippen LogP contribution in [0.3, 0.4) is 0 Å². The lowest BCUT2D eigenvalue weighted by atomic mass is 10.2. The third kappa shape index (κ3) is 7.41. The predicted octanol–water partition coefficient (Wildman–Crippen LogP) is 2.67. The van der Waals surface area contributed by atoms with E-state index in [4.69, 9.17) is 9.47 Å². The van der Waals surface area contributed by atoms with Crippen LogP contribution in [0.5, 0.6) is 5.88 Å². The van der Waals surface area contributed by atoms with Crippen LogP contribution >= 0.6 is 0 Å². The van der Waals surface area contributed by atoms with Crippen LogP contribution in [-0.4, -0.2) is 34.8 Å². The van der Waals surface area contributed by atoms with Crippen LogP contribution in [0.1, 0.15) is 33.6 Å². The number of nitrogens with zero attached hydrogens (tertiary/aromatic N) is 2. The number of hydrogen-bond acceptors (Lipinski definition) is 6. The highest BCUT2D eigenvalue weighted by Crippen LogP contribution is 2.13. The van der Waals surface area contributed by atoms with Crippen molar-refractivity contribution in [1.29, 1.82) is 0 Å². The number of carbonyl (C=O) groups is 1. The minimum atomic E-state index is -0.515. The molecule has 1 aromatic heterocycles. The van der Waals surface area contributed by atoms with Gasteiger partial charge in [0.1, 0.15) is 11.8 Å². The van der Waals surface area contributed by atoms with Crippen LogP contribution in [0.15, 0.2) is 18.3 Å². The standard InChI is InChI=1S/C14H21N3O5/c1-14(2,3)22-13(18)15-8-4-5-9-21-12-7-6-11(10-16-12)17(19)20/h6-7,10H,4-5,8-9H2,1-3H3,(H,15,18). The molecular formula is C14H21N3O5. The second-order valence-electron chi connectivity index (χ2n) is 5.60. The van der Waals surface area contributed by atoms with Gasteiger partial charge < -0.3 is 14.8 Å². The highest BCUT2D eigenvalue weighted by molar-refractivity contribution is 5.67. The van der Waals surface area contributed by atoms with Crippen LogP contribution in [0, 0.1) is 10.1 Å². The number of ether oxygens (including phenoxy) is 2. The molecule has 0 unspecified atom stereocenters. The second-order valence-corrected chi connectivity index (χ2v) is 5.60. The number of unbranched alkanes of at least 4 members (excludes halogenated alkanes) is 1. The van der Waals surface area contributed by atoms with E-state index in [-0.39, 0.29) is 5.69 Å². The molecule has 22 heavy (non-hydrogen) atoms. The summed E-state index contributed by atoms with van der Waals surface area (Å²) in [5.74, 6) is 0.339. The highest BCUT2D eigenvalue weighted by atomic mass is 16.6. The Kier molecular flexibility index (Phi) is 6.55. The summed E-state index contributed by atoms with van der Waals surface area (Å²) in [5, 5.41) is 13.1. The Morgan fingerprint density at radius 2 is 2.09 bits per heavy atom. The average Bonchev–Trinajstić information content (AvgIpc) is 2.41. The lowest BCUT2D eigenvalue weighted by molar-refractivity contribution is -0.385. The first-order valence-electron chi connectivity index (χ1n) is 6.98. The van der Waals surface area contributed by atoms with Crippen LogP contribution in [0.25, 0.3) is 0 Å². The van der Waals surface area contributed by atoms with Crippen LogP contribution in [0.4, 0.5) is 10.5 Å². The van der Waals surface area contributed by atoms with Gasteiger partial charge in [0, 0.05) is 18.7 Å². The third-order valence-corrected chi connectivity index (χ3v) is 2.42. The molecule has 1 aromatic rings. The molecule has 0 bridgehead atoms. The SMILES string of the molecule is CC(C)(C)OC(=O)NCCCCOc1ccc([N+](=O)[O-])cn1. The minimum Gasteiger partial charge on any atom is -0.478 e. The van der Waals surface area contributed by atoms with Crippen LogP contribution in [0.2, 0.25) is 0 Å². The van der Waals surface area contributed by atoms with Gasteiger partial charge in [0.2, 0.25) is 5.88 Å². The van der Waals surface area contributed by atoms with Crippen LogP contribution in [-0.2, 0) is 4.74 Å². The minimum absolute atomic E-state index is 0.0751. The third-order valence-electron chi connectivity index (χ3n) is 2.42. The fourth-order valence-corrected chi connectivity index (χ4v) is 1.47. The van der Waals surface area contributed by atoms with Crippen molar-refractivity contribution < 1.29 is 19.2 Å². The van der Waals surface area contributed by atoms with Crippen molar-refractivity contribution in [2.45, 2.75) is 39.2 Å². The molecule has 1 rings (SSSR count). The molecule has 0 aliphatic heterocycles. The largest absolute Gasteiger partial charge is 0.478 e. The van der Waals surface area contributed by atoms with E-state index in [1.54, 1.807) is 20.8 Å². The zero-order valence-corrected chi connectivity index (χ0v) is 13.0. The van der Waals surface area contributed by atoms with E-state index in [1.807, 2.05) is 0 Å². The summed E-state index contributed by atoms with van der Waals surface area (Å²) in [7, 11) is 0. The first kappa shape index (κ1) is 17.7. The van der Waals surface area contributed by atoms with Gasteiger partial charge in [-0.05, 0) is 33.6 Å². The van der Waals surface area contributed by atoms with Crippen molar-refractivity contribution >= 4 is 11.8 Å². The van der Waals surface area contributed by atoms with Gasteiger partial charge in [-0.2, -0.15) is 0 Å². The Hall–Kier alpha value is -2.38. The van der Waals surface area contributed by atoms with Gasteiger partial charge in [0.25, 0.3) is 5.69 Å². The molecule has 0 atom stereocenters. The Labute approximate surface area is 129 Å². The van der Waals surface area contributed by atoms with Crippen molar-refractivity contribution in [3.63, 3.8) is 0 Å². The molecule has 1 amide bonds. The average molecular weight is 311 g/mol. The molecule has 0 aliphatic carbocycles. The highest BCUT2D eigenvalue weighted by Gasteiger charge is 2.15. The molecule has 122 valence electrons. The number of nitrogens with one attached hydrogen (secondary N) is 1. The van der Waals surface area contributed by atoms with E-state index < -0.39 is 16.6 Å². The maximum Gasteiger partial charge on any atom is 0.407 e. The van der Waals surface area contributed by atoms with Gasteiger partial charge in [-0.25, -0.2) is 9.78 Å². The number of carbonyl (C=O) groups excluding carboxylic acids is 1. The maximum atomic E-state index is 11.4. The first-order valence-corrected chi connectivity index (χ1v) is 6.98. The molecule has 1 heterocycles. The van der Waals surface area contributed by atoms with Crippen molar-refractivity contribution in [3.05, 3.63) is 28.4 Å². The quantitative estimate of drug-likeness (QED) is 0.471. The van der Waals surface area contributed by atoms with Gasteiger partial charge in [-0.1, -0.05) is 0 Å². The lowest BCUT2D eigenvalue weighted by Crippen LogP contribution is -2.33. The van der Waals surface area contributed by atoms with E-state index in [9.17, 15) is 14.9 Å². The van der Waals surface area contributed by atoms with Gasteiger partial charge in [-0.15, -0.1) is 0 Å². The smallest absolute Gasteiger partial charge is 0.407 e. The molecule has 0 saturated heterocycles. The molecule has 8 heteroatoms. The van der Waals surface area contributed by atoms with Gasteiger partial charge >= 0.3 is 6.09 Å². The molecule has 0 radical (unpaired) electrons. The van der Waals surface area contributed by atoms with Gasteiger partial charge in [0.05, 0.1) is 11.5 Å². The number of aromatic nitrogens is 1. The second kappa shape index (κ2) is 8.16. The number of alkyl carbamates (subject to hydrolysis) is 1. The first-order chi connectivity index (χ1) is 10.3. The predicted molar refractivity (Wildman–Crippen MR) is 79.9 cm³/mol. The fraction of sp³-hybridized carbons (Fsp3) is 0.571. The summed E-state index contributed by atoms with van der Waals surface area (Å²) >= 11 is 0. The molecule has 0 saturated carbocycles. The molecule has 0 spiro atoms. The number of hydrogen-bond donors (Lipinski definition) is 1. The van der Waals surface area contributed by atoms with Crippen LogP contribution < -0.4 is 10.1 Å². The Morgan fingerprint density at radius 1 is 1.36 bits per heavy atom. The molecule has 8 nitrogen and oxygen atoms in total. The Balaban J connectivity index is 2.13. The zero-order valence-electron chi connectivity index (χ0n) is 13.0. The monoisotopic (exact) mass is 311 g/mol.